The molecule has 0 aliphatic rings. The maximum atomic E-state index is 12.0. The first kappa shape index (κ1) is 15.1. The molecular formula is C12H16N2O5. The van der Waals surface area contributed by atoms with Gasteiger partial charge in [-0.2, -0.15) is 0 Å². The number of amides is 1. The highest BCUT2D eigenvalue weighted by Crippen LogP contribution is 2.12. The molecule has 0 aliphatic carbocycles. The number of nitrogens with one attached hydrogen (secondary N) is 1. The Kier molecular flexibility index (Phi) is 4.96. The molecule has 0 atom stereocenters. The van der Waals surface area contributed by atoms with Crippen molar-refractivity contribution in [3.8, 4) is 0 Å². The molecule has 1 heterocycles. The van der Waals surface area contributed by atoms with E-state index in [1.54, 1.807) is 6.92 Å². The first-order chi connectivity index (χ1) is 8.99. The molecule has 0 radical (unpaired) electrons. The van der Waals surface area contributed by atoms with Gasteiger partial charge in [0.1, 0.15) is 5.69 Å². The summed E-state index contributed by atoms with van der Waals surface area (Å²) >= 11 is 0. The minimum Gasteiger partial charge on any atom is -0.478 e. The zero-order valence-electron chi connectivity index (χ0n) is 10.5. The van der Waals surface area contributed by atoms with Crippen molar-refractivity contribution >= 4 is 11.9 Å². The monoisotopic (exact) mass is 268 g/mol. The van der Waals surface area contributed by atoms with Crippen molar-refractivity contribution in [2.24, 2.45) is 0 Å². The molecule has 104 valence electrons. The second-order valence-corrected chi connectivity index (χ2v) is 4.11. The highest BCUT2D eigenvalue weighted by Gasteiger charge is 2.30. The minimum atomic E-state index is -1.27. The molecule has 0 saturated heterocycles. The van der Waals surface area contributed by atoms with Crippen LogP contribution in [0.2, 0.25) is 0 Å². The number of aromatic nitrogens is 1. The number of nitrogens with zero attached hydrogens (tertiary/aromatic N) is 1. The van der Waals surface area contributed by atoms with Crippen molar-refractivity contribution in [3.05, 3.63) is 29.6 Å². The van der Waals surface area contributed by atoms with Crippen LogP contribution in [0.4, 0.5) is 0 Å². The lowest BCUT2D eigenvalue weighted by Crippen LogP contribution is -2.54. The first-order valence-corrected chi connectivity index (χ1v) is 5.72. The van der Waals surface area contributed by atoms with Crippen LogP contribution in [-0.4, -0.2) is 50.9 Å². The number of rotatable bonds is 6. The van der Waals surface area contributed by atoms with Crippen LogP contribution in [0.5, 0.6) is 0 Å². The SMILES string of the molecule is CCC(CO)(CO)NC(=O)c1ncccc1C(=O)O. The van der Waals surface area contributed by atoms with E-state index in [0.29, 0.717) is 6.42 Å². The van der Waals surface area contributed by atoms with Crippen molar-refractivity contribution in [2.45, 2.75) is 18.9 Å². The molecule has 1 amide bonds. The largest absolute Gasteiger partial charge is 0.478 e. The predicted octanol–water partition coefficient (Wildman–Crippen LogP) is -0.357. The van der Waals surface area contributed by atoms with Gasteiger partial charge in [0.2, 0.25) is 0 Å². The van der Waals surface area contributed by atoms with E-state index < -0.39 is 30.6 Å². The third kappa shape index (κ3) is 3.27. The fourth-order valence-corrected chi connectivity index (χ4v) is 1.50. The van der Waals surface area contributed by atoms with Gasteiger partial charge in [0.05, 0.1) is 24.3 Å². The number of carbonyl (C=O) groups excluding carboxylic acids is 1. The summed E-state index contributed by atoms with van der Waals surface area (Å²) in [5.41, 5.74) is -1.68. The normalized spacial score (nSPS) is 11.1. The Morgan fingerprint density at radius 1 is 1.37 bits per heavy atom. The second-order valence-electron chi connectivity index (χ2n) is 4.11. The predicted molar refractivity (Wildman–Crippen MR) is 65.9 cm³/mol. The fraction of sp³-hybridized carbons (Fsp3) is 0.417. The van der Waals surface area contributed by atoms with Crippen LogP contribution in [-0.2, 0) is 0 Å². The maximum absolute atomic E-state index is 12.0. The van der Waals surface area contributed by atoms with Crippen LogP contribution in [0.3, 0.4) is 0 Å². The Balaban J connectivity index is 3.05. The number of hydrogen-bond donors (Lipinski definition) is 4. The Hall–Kier alpha value is -1.99. The molecule has 7 heteroatoms. The van der Waals surface area contributed by atoms with Gasteiger partial charge in [0.25, 0.3) is 5.91 Å². The number of carboxylic acids is 1. The van der Waals surface area contributed by atoms with Crippen LogP contribution in [0.15, 0.2) is 18.3 Å². The lowest BCUT2D eigenvalue weighted by Gasteiger charge is -2.29. The summed E-state index contributed by atoms with van der Waals surface area (Å²) in [6, 6.07) is 2.67. The molecule has 0 saturated carbocycles. The van der Waals surface area contributed by atoms with Gasteiger partial charge in [-0.15, -0.1) is 0 Å². The van der Waals surface area contributed by atoms with Gasteiger partial charge in [-0.05, 0) is 18.6 Å². The summed E-state index contributed by atoms with van der Waals surface area (Å²) in [5, 5.41) is 29.9. The van der Waals surface area contributed by atoms with E-state index in [2.05, 4.69) is 10.3 Å². The van der Waals surface area contributed by atoms with Gasteiger partial charge >= 0.3 is 5.97 Å². The van der Waals surface area contributed by atoms with Crippen LogP contribution >= 0.6 is 0 Å². The highest BCUT2D eigenvalue weighted by molar-refractivity contribution is 6.03. The zero-order valence-corrected chi connectivity index (χ0v) is 10.5. The van der Waals surface area contributed by atoms with Crippen molar-refractivity contribution in [3.63, 3.8) is 0 Å². The van der Waals surface area contributed by atoms with E-state index in [1.165, 1.54) is 18.3 Å². The van der Waals surface area contributed by atoms with Crippen molar-refractivity contribution in [2.75, 3.05) is 13.2 Å². The van der Waals surface area contributed by atoms with Gasteiger partial charge in [-0.1, -0.05) is 6.92 Å². The van der Waals surface area contributed by atoms with E-state index in [9.17, 15) is 19.8 Å². The maximum Gasteiger partial charge on any atom is 0.338 e. The quantitative estimate of drug-likeness (QED) is 0.559. The van der Waals surface area contributed by atoms with Gasteiger partial charge < -0.3 is 20.6 Å². The van der Waals surface area contributed by atoms with E-state index >= 15 is 0 Å². The Bertz CT molecular complexity index is 463. The molecule has 0 unspecified atom stereocenters. The zero-order chi connectivity index (χ0) is 14.5. The molecule has 1 rings (SSSR count). The third-order valence-corrected chi connectivity index (χ3v) is 2.91. The number of hydrogen-bond acceptors (Lipinski definition) is 5. The summed E-state index contributed by atoms with van der Waals surface area (Å²) in [5.74, 6) is -2.02. The van der Waals surface area contributed by atoms with Crippen molar-refractivity contribution in [1.82, 2.24) is 10.3 Å². The van der Waals surface area contributed by atoms with Gasteiger partial charge in [-0.3, -0.25) is 9.78 Å². The summed E-state index contributed by atoms with van der Waals surface area (Å²) in [4.78, 5) is 26.7. The minimum absolute atomic E-state index is 0.235. The van der Waals surface area contributed by atoms with E-state index in [4.69, 9.17) is 5.11 Å². The Morgan fingerprint density at radius 2 is 2.00 bits per heavy atom. The smallest absolute Gasteiger partial charge is 0.338 e. The number of aromatic carboxylic acids is 1. The molecule has 0 fully saturated rings. The second kappa shape index (κ2) is 6.26. The average Bonchev–Trinajstić information content (AvgIpc) is 2.44. The summed E-state index contributed by atoms with van der Waals surface area (Å²) < 4.78 is 0. The highest BCUT2D eigenvalue weighted by atomic mass is 16.4. The lowest BCUT2D eigenvalue weighted by molar-refractivity contribution is 0.0632. The van der Waals surface area contributed by atoms with E-state index in [-0.39, 0.29) is 11.3 Å². The van der Waals surface area contributed by atoms with Gasteiger partial charge in [0.15, 0.2) is 0 Å². The standard InChI is InChI=1S/C12H16N2O5/c1-2-12(6-15,7-16)14-10(17)9-8(11(18)19)4-3-5-13-9/h3-5,15-16H,2,6-7H2,1H3,(H,14,17)(H,18,19). The van der Waals surface area contributed by atoms with Crippen LogP contribution < -0.4 is 5.32 Å². The molecule has 0 bridgehead atoms. The van der Waals surface area contributed by atoms with Crippen molar-refractivity contribution < 1.29 is 24.9 Å². The molecule has 1 aromatic heterocycles. The summed E-state index contributed by atoms with van der Waals surface area (Å²) in [7, 11) is 0. The molecule has 0 aliphatic heterocycles. The molecule has 1 aromatic rings. The summed E-state index contributed by atoms with van der Waals surface area (Å²) in [6.45, 7) is 0.769. The molecule has 7 nitrogen and oxygen atoms in total. The number of pyridine rings is 1. The van der Waals surface area contributed by atoms with E-state index in [0.717, 1.165) is 0 Å². The molecule has 4 N–H and O–H groups in total. The van der Waals surface area contributed by atoms with Crippen LogP contribution in [0, 0.1) is 0 Å². The lowest BCUT2D eigenvalue weighted by atomic mass is 9.98. The number of carboxylic acid groups (broad SMARTS) is 1. The molecular weight excluding hydrogens is 252 g/mol. The number of aliphatic hydroxyl groups is 2. The van der Waals surface area contributed by atoms with Crippen LogP contribution in [0.25, 0.3) is 0 Å². The third-order valence-electron chi connectivity index (χ3n) is 2.91. The Labute approximate surface area is 109 Å². The molecule has 0 aromatic carbocycles. The first-order valence-electron chi connectivity index (χ1n) is 5.72. The van der Waals surface area contributed by atoms with Crippen molar-refractivity contribution in [1.29, 1.82) is 0 Å². The summed E-state index contributed by atoms with van der Waals surface area (Å²) in [6.07, 6.45) is 1.59. The van der Waals surface area contributed by atoms with Crippen LogP contribution in [0.1, 0.15) is 34.2 Å². The Morgan fingerprint density at radius 3 is 2.47 bits per heavy atom. The molecule has 19 heavy (non-hydrogen) atoms. The topological polar surface area (TPSA) is 120 Å². The fourth-order valence-electron chi connectivity index (χ4n) is 1.50. The number of carbonyl (C=O) groups is 2. The van der Waals surface area contributed by atoms with Gasteiger partial charge in [-0.25, -0.2) is 4.79 Å². The average molecular weight is 268 g/mol. The number of aliphatic hydroxyl groups excluding tert-OH is 2. The molecule has 0 spiro atoms. The van der Waals surface area contributed by atoms with Gasteiger partial charge in [0, 0.05) is 6.20 Å². The van der Waals surface area contributed by atoms with E-state index in [1.807, 2.05) is 0 Å².